The molecule has 21 heavy (non-hydrogen) atoms. The molecule has 1 aromatic rings. The van der Waals surface area contributed by atoms with E-state index >= 15 is 0 Å². The van der Waals surface area contributed by atoms with Gasteiger partial charge in [-0.1, -0.05) is 25.2 Å². The van der Waals surface area contributed by atoms with Crippen LogP contribution in [0, 0.1) is 0 Å². The van der Waals surface area contributed by atoms with Crippen molar-refractivity contribution < 1.29 is 9.53 Å². The number of nitrogens with zero attached hydrogens (tertiary/aromatic N) is 1. The van der Waals surface area contributed by atoms with E-state index in [4.69, 9.17) is 22.7 Å². The highest BCUT2D eigenvalue weighted by Crippen LogP contribution is 2.20. The lowest BCUT2D eigenvalue weighted by atomic mass is 10.1. The van der Waals surface area contributed by atoms with Gasteiger partial charge in [-0.2, -0.15) is 0 Å². The minimum absolute atomic E-state index is 0.0300. The van der Waals surface area contributed by atoms with Crippen molar-refractivity contribution >= 4 is 23.1 Å². The molecule has 116 valence electrons. The van der Waals surface area contributed by atoms with E-state index in [9.17, 15) is 4.79 Å². The molecule has 0 aliphatic carbocycles. The summed E-state index contributed by atoms with van der Waals surface area (Å²) in [4.78, 5) is 14.0. The van der Waals surface area contributed by atoms with Crippen LogP contribution < -0.4 is 15.8 Å². The zero-order chi connectivity index (χ0) is 15.8. The van der Waals surface area contributed by atoms with Gasteiger partial charge in [0.2, 0.25) is 5.91 Å². The normalized spacial score (nSPS) is 10.5. The van der Waals surface area contributed by atoms with Crippen molar-refractivity contribution in [3.8, 4) is 5.75 Å². The monoisotopic (exact) mass is 309 g/mol. The van der Waals surface area contributed by atoms with Crippen LogP contribution in [-0.4, -0.2) is 42.5 Å². The molecule has 0 saturated heterocycles. The lowest BCUT2D eigenvalue weighted by Gasteiger charge is -2.20. The zero-order valence-electron chi connectivity index (χ0n) is 12.8. The number of thiocarbonyl (C=S) groups is 1. The van der Waals surface area contributed by atoms with Gasteiger partial charge in [0.15, 0.2) is 0 Å². The Morgan fingerprint density at radius 2 is 2.14 bits per heavy atom. The Balaban J connectivity index is 2.83. The van der Waals surface area contributed by atoms with E-state index in [1.165, 1.54) is 0 Å². The van der Waals surface area contributed by atoms with Crippen LogP contribution in [0.25, 0.3) is 0 Å². The molecule has 0 fully saturated rings. The van der Waals surface area contributed by atoms with Crippen LogP contribution in [0.5, 0.6) is 5.75 Å². The van der Waals surface area contributed by atoms with Gasteiger partial charge in [-0.05, 0) is 31.2 Å². The standard InChI is InChI=1S/C15H23N3O2S/c1-4-17-14(19)10-18(5-2)9-11-6-7-13(20-3)12(8-11)15(16)21/h6-8H,4-5,9-10H2,1-3H3,(H2,16,21)(H,17,19). The Bertz CT molecular complexity index is 506. The van der Waals surface area contributed by atoms with Gasteiger partial charge in [-0.25, -0.2) is 0 Å². The minimum Gasteiger partial charge on any atom is -0.496 e. The van der Waals surface area contributed by atoms with Crippen LogP contribution >= 0.6 is 12.2 Å². The smallest absolute Gasteiger partial charge is 0.234 e. The summed E-state index contributed by atoms with van der Waals surface area (Å²) in [7, 11) is 1.59. The maximum Gasteiger partial charge on any atom is 0.234 e. The molecule has 1 amide bonds. The quantitative estimate of drug-likeness (QED) is 0.708. The van der Waals surface area contributed by atoms with E-state index in [0.717, 1.165) is 17.7 Å². The molecule has 0 bridgehead atoms. The maximum atomic E-state index is 11.7. The second-order valence-electron chi connectivity index (χ2n) is 4.66. The average Bonchev–Trinajstić information content (AvgIpc) is 2.46. The molecule has 1 rings (SSSR count). The number of methoxy groups -OCH3 is 1. The summed E-state index contributed by atoms with van der Waals surface area (Å²) in [6.07, 6.45) is 0. The summed E-state index contributed by atoms with van der Waals surface area (Å²) in [5.41, 5.74) is 7.48. The highest BCUT2D eigenvalue weighted by molar-refractivity contribution is 7.80. The van der Waals surface area contributed by atoms with Crippen molar-refractivity contribution in [1.82, 2.24) is 10.2 Å². The molecule has 0 spiro atoms. The van der Waals surface area contributed by atoms with E-state index in [-0.39, 0.29) is 5.91 Å². The molecule has 0 aliphatic heterocycles. The number of hydrogen-bond acceptors (Lipinski definition) is 4. The lowest BCUT2D eigenvalue weighted by Crippen LogP contribution is -2.36. The van der Waals surface area contributed by atoms with Crippen LogP contribution in [0.3, 0.4) is 0 Å². The number of hydrogen-bond donors (Lipinski definition) is 2. The fraction of sp³-hybridized carbons (Fsp3) is 0.467. The van der Waals surface area contributed by atoms with Gasteiger partial charge in [-0.15, -0.1) is 0 Å². The van der Waals surface area contributed by atoms with E-state index in [2.05, 4.69) is 10.2 Å². The maximum absolute atomic E-state index is 11.7. The third-order valence-electron chi connectivity index (χ3n) is 3.12. The molecular weight excluding hydrogens is 286 g/mol. The van der Waals surface area contributed by atoms with Crippen molar-refractivity contribution in [3.05, 3.63) is 29.3 Å². The molecule has 0 radical (unpaired) electrons. The molecule has 0 aromatic heterocycles. The molecule has 0 aliphatic rings. The van der Waals surface area contributed by atoms with Crippen LogP contribution in [-0.2, 0) is 11.3 Å². The van der Waals surface area contributed by atoms with Crippen LogP contribution in [0.1, 0.15) is 25.0 Å². The Labute approximate surface area is 131 Å². The summed E-state index contributed by atoms with van der Waals surface area (Å²) in [6, 6.07) is 5.73. The SMILES string of the molecule is CCNC(=O)CN(CC)Cc1ccc(OC)c(C(N)=S)c1. The molecule has 0 saturated carbocycles. The van der Waals surface area contributed by atoms with Gasteiger partial charge < -0.3 is 15.8 Å². The first kappa shape index (κ1) is 17.4. The van der Waals surface area contributed by atoms with Crippen LogP contribution in [0.4, 0.5) is 0 Å². The highest BCUT2D eigenvalue weighted by atomic mass is 32.1. The highest BCUT2D eigenvalue weighted by Gasteiger charge is 2.12. The number of amides is 1. The van der Waals surface area contributed by atoms with Crippen LogP contribution in [0.2, 0.25) is 0 Å². The summed E-state index contributed by atoms with van der Waals surface area (Å²) < 4.78 is 5.24. The first-order chi connectivity index (χ1) is 10.0. The second kappa shape index (κ2) is 8.59. The Kier molecular flexibility index (Phi) is 7.11. The summed E-state index contributed by atoms with van der Waals surface area (Å²) >= 11 is 5.04. The fourth-order valence-corrected chi connectivity index (χ4v) is 2.20. The van der Waals surface area contributed by atoms with E-state index in [0.29, 0.717) is 30.4 Å². The molecule has 3 N–H and O–H groups in total. The Morgan fingerprint density at radius 1 is 1.43 bits per heavy atom. The zero-order valence-corrected chi connectivity index (χ0v) is 13.6. The van der Waals surface area contributed by atoms with E-state index in [1.54, 1.807) is 7.11 Å². The number of nitrogens with two attached hydrogens (primary N) is 1. The number of nitrogens with one attached hydrogen (secondary N) is 1. The van der Waals surface area contributed by atoms with E-state index in [1.807, 2.05) is 32.0 Å². The molecule has 0 unspecified atom stereocenters. The van der Waals surface area contributed by atoms with Gasteiger partial charge in [0.05, 0.1) is 19.2 Å². The van der Waals surface area contributed by atoms with Crippen molar-refractivity contribution in [3.63, 3.8) is 0 Å². The first-order valence-electron chi connectivity index (χ1n) is 6.97. The number of likely N-dealkylation sites (N-methyl/N-ethyl adjacent to an activating group) is 2. The summed E-state index contributed by atoms with van der Waals surface area (Å²) in [5.74, 6) is 0.695. The van der Waals surface area contributed by atoms with Crippen molar-refractivity contribution in [2.75, 3.05) is 26.7 Å². The van der Waals surface area contributed by atoms with Gasteiger partial charge in [0.25, 0.3) is 0 Å². The summed E-state index contributed by atoms with van der Waals surface area (Å²) in [5, 5.41) is 2.80. The molecule has 6 heteroatoms. The van der Waals surface area contributed by atoms with Gasteiger partial charge in [-0.3, -0.25) is 9.69 Å². The number of carbonyl (C=O) groups excluding carboxylic acids is 1. The molecular formula is C15H23N3O2S. The summed E-state index contributed by atoms with van der Waals surface area (Å²) in [6.45, 7) is 6.39. The van der Waals surface area contributed by atoms with Crippen molar-refractivity contribution in [2.45, 2.75) is 20.4 Å². The van der Waals surface area contributed by atoms with Crippen molar-refractivity contribution in [1.29, 1.82) is 0 Å². The minimum atomic E-state index is 0.0300. The fourth-order valence-electron chi connectivity index (χ4n) is 2.04. The van der Waals surface area contributed by atoms with Crippen LogP contribution in [0.15, 0.2) is 18.2 Å². The number of rotatable bonds is 8. The largest absolute Gasteiger partial charge is 0.496 e. The first-order valence-corrected chi connectivity index (χ1v) is 7.38. The average molecular weight is 309 g/mol. The van der Waals surface area contributed by atoms with Gasteiger partial charge >= 0.3 is 0 Å². The Hall–Kier alpha value is -1.66. The topological polar surface area (TPSA) is 67.6 Å². The van der Waals surface area contributed by atoms with Crippen molar-refractivity contribution in [2.24, 2.45) is 5.73 Å². The Morgan fingerprint density at radius 3 is 2.67 bits per heavy atom. The number of carbonyl (C=O) groups is 1. The molecule has 5 nitrogen and oxygen atoms in total. The number of benzene rings is 1. The number of ether oxygens (including phenoxy) is 1. The lowest BCUT2D eigenvalue weighted by molar-refractivity contribution is -0.122. The van der Waals surface area contributed by atoms with E-state index < -0.39 is 0 Å². The third-order valence-corrected chi connectivity index (χ3v) is 3.34. The van der Waals surface area contributed by atoms with Gasteiger partial charge in [0.1, 0.15) is 10.7 Å². The third kappa shape index (κ3) is 5.32. The predicted octanol–water partition coefficient (Wildman–Crippen LogP) is 1.29. The van der Waals surface area contributed by atoms with Gasteiger partial charge in [0, 0.05) is 13.1 Å². The molecule has 1 aromatic carbocycles. The molecule has 0 atom stereocenters. The predicted molar refractivity (Wildman–Crippen MR) is 88.5 cm³/mol. The second-order valence-corrected chi connectivity index (χ2v) is 5.10. The molecule has 0 heterocycles.